The van der Waals surface area contributed by atoms with Gasteiger partial charge < -0.3 is 29.3 Å². The number of hydrogen-bond donors (Lipinski definition) is 2. The molecule has 3 aromatic rings. The van der Waals surface area contributed by atoms with Gasteiger partial charge in [-0.1, -0.05) is 41.4 Å². The highest BCUT2D eigenvalue weighted by molar-refractivity contribution is 14.1. The fourth-order valence-electron chi connectivity index (χ4n) is 5.36. The molecule has 3 heterocycles. The molecule has 0 amide bonds. The Morgan fingerprint density at radius 3 is 2.60 bits per heavy atom. The number of anilines is 1. The van der Waals surface area contributed by atoms with Crippen molar-refractivity contribution in [2.24, 2.45) is 0 Å². The third-order valence-corrected chi connectivity index (χ3v) is 9.08. The number of ether oxygens (including phenoxy) is 3. The second kappa shape index (κ2) is 14.9. The SMILES string of the molecule is OCCOc1ccc(N2CCN(C[C@](O)(I)c3ccc(COC4CCCCO4)nc3)C[C@H]2c2ccc(Cl)cc2)c(Cl)c1. The van der Waals surface area contributed by atoms with E-state index < -0.39 is 3.61 Å². The summed E-state index contributed by atoms with van der Waals surface area (Å²) in [5, 5.41) is 21.9. The van der Waals surface area contributed by atoms with Gasteiger partial charge in [-0.05, 0) is 77.7 Å². The van der Waals surface area contributed by atoms with Gasteiger partial charge in [0.25, 0.3) is 0 Å². The van der Waals surface area contributed by atoms with Crippen LogP contribution in [0.2, 0.25) is 10.0 Å². The molecular formula is C31H36Cl2IN3O5. The van der Waals surface area contributed by atoms with Gasteiger partial charge in [-0.15, -0.1) is 0 Å². The van der Waals surface area contributed by atoms with Gasteiger partial charge in [0.1, 0.15) is 12.4 Å². The standard InChI is InChI=1S/C31H36Cl2IN3O5/c32-24-7-4-22(5-8-24)29-19-36(12-13-37(29)28-11-10-26(17-27(28)33)40-16-14-38)21-31(34,39)23-6-9-25(35-18-23)20-42-30-3-1-2-15-41-30/h4-11,17-18,29-30,38-39H,1-3,12-16,19-21H2/t29-,30?,31+/m0/s1. The fourth-order valence-corrected chi connectivity index (χ4v) is 6.57. The second-order valence-electron chi connectivity index (χ2n) is 10.6. The lowest BCUT2D eigenvalue weighted by Gasteiger charge is -2.45. The van der Waals surface area contributed by atoms with Gasteiger partial charge in [-0.25, -0.2) is 0 Å². The Bertz CT molecular complexity index is 1290. The smallest absolute Gasteiger partial charge is 0.158 e. The number of hydrogen-bond acceptors (Lipinski definition) is 8. The van der Waals surface area contributed by atoms with Crippen LogP contribution in [0.4, 0.5) is 5.69 Å². The molecule has 2 aliphatic rings. The van der Waals surface area contributed by atoms with Crippen molar-refractivity contribution in [1.82, 2.24) is 9.88 Å². The van der Waals surface area contributed by atoms with Crippen molar-refractivity contribution in [2.45, 2.75) is 41.8 Å². The Labute approximate surface area is 270 Å². The normalized spacial score (nSPS) is 21.2. The molecule has 2 N–H and O–H groups in total. The van der Waals surface area contributed by atoms with Crippen molar-refractivity contribution in [3.8, 4) is 5.75 Å². The number of aromatic nitrogens is 1. The molecular weight excluding hydrogens is 692 g/mol. The highest BCUT2D eigenvalue weighted by Gasteiger charge is 2.35. The lowest BCUT2D eigenvalue weighted by Crippen LogP contribution is -2.51. The van der Waals surface area contributed by atoms with E-state index in [-0.39, 0.29) is 25.5 Å². The lowest BCUT2D eigenvalue weighted by molar-refractivity contribution is -0.169. The maximum Gasteiger partial charge on any atom is 0.158 e. The van der Waals surface area contributed by atoms with E-state index in [1.807, 2.05) is 48.5 Å². The van der Waals surface area contributed by atoms with Gasteiger partial charge in [0.15, 0.2) is 9.90 Å². The molecule has 8 nitrogen and oxygen atoms in total. The number of halogens is 3. The van der Waals surface area contributed by atoms with Gasteiger partial charge in [-0.2, -0.15) is 0 Å². The Hall–Kier alpha value is -1.70. The number of pyridine rings is 1. The predicted molar refractivity (Wildman–Crippen MR) is 173 cm³/mol. The fraction of sp³-hybridized carbons (Fsp3) is 0.452. The zero-order valence-electron chi connectivity index (χ0n) is 23.3. The second-order valence-corrected chi connectivity index (χ2v) is 13.2. The van der Waals surface area contributed by atoms with Crippen LogP contribution < -0.4 is 9.64 Å². The topological polar surface area (TPSA) is 87.5 Å². The zero-order chi connectivity index (χ0) is 29.5. The highest BCUT2D eigenvalue weighted by Crippen LogP contribution is 2.39. The molecule has 0 aliphatic carbocycles. The van der Waals surface area contributed by atoms with E-state index in [0.29, 0.717) is 42.0 Å². The van der Waals surface area contributed by atoms with E-state index >= 15 is 0 Å². The molecule has 42 heavy (non-hydrogen) atoms. The first-order chi connectivity index (χ1) is 20.3. The van der Waals surface area contributed by atoms with Gasteiger partial charge in [0.2, 0.25) is 0 Å². The number of piperazine rings is 1. The van der Waals surface area contributed by atoms with Gasteiger partial charge >= 0.3 is 0 Å². The summed E-state index contributed by atoms with van der Waals surface area (Å²) >= 11 is 15.1. The largest absolute Gasteiger partial charge is 0.491 e. The molecule has 3 atom stereocenters. The third kappa shape index (κ3) is 8.26. The van der Waals surface area contributed by atoms with Crippen molar-refractivity contribution in [1.29, 1.82) is 0 Å². The maximum atomic E-state index is 11.6. The molecule has 1 unspecified atom stereocenters. The molecule has 2 saturated heterocycles. The molecule has 2 aromatic carbocycles. The Balaban J connectivity index is 1.28. The summed E-state index contributed by atoms with van der Waals surface area (Å²) in [7, 11) is 0. The minimum absolute atomic E-state index is 0.0235. The van der Waals surface area contributed by atoms with E-state index in [4.69, 9.17) is 42.5 Å². The third-order valence-electron chi connectivity index (χ3n) is 7.56. The van der Waals surface area contributed by atoms with Crippen LogP contribution in [0.3, 0.4) is 0 Å². The monoisotopic (exact) mass is 727 g/mol. The minimum Gasteiger partial charge on any atom is -0.491 e. The molecule has 1 aromatic heterocycles. The number of nitrogens with zero attached hydrogens (tertiary/aromatic N) is 3. The summed E-state index contributed by atoms with van der Waals surface area (Å²) in [5.74, 6) is 0.614. The molecule has 2 fully saturated rings. The number of rotatable bonds is 11. The molecule has 0 radical (unpaired) electrons. The van der Waals surface area contributed by atoms with Gasteiger partial charge in [-0.3, -0.25) is 9.88 Å². The maximum absolute atomic E-state index is 11.6. The summed E-state index contributed by atoms with van der Waals surface area (Å²) in [4.78, 5) is 9.12. The van der Waals surface area contributed by atoms with Crippen molar-refractivity contribution < 1.29 is 24.4 Å². The number of aliphatic hydroxyl groups is 2. The average molecular weight is 728 g/mol. The number of β-amino-alcohol motifs (C(OH)–C–C–N with tert-alkyl or cyclic N) is 1. The van der Waals surface area contributed by atoms with Crippen LogP contribution in [0.1, 0.15) is 42.1 Å². The van der Waals surface area contributed by atoms with Crippen LogP contribution >= 0.6 is 45.8 Å². The number of aliphatic hydroxyl groups excluding tert-OH is 1. The molecule has 0 spiro atoms. The van der Waals surface area contributed by atoms with Crippen LogP contribution in [0, 0.1) is 0 Å². The van der Waals surface area contributed by atoms with E-state index in [1.54, 1.807) is 12.3 Å². The summed E-state index contributed by atoms with van der Waals surface area (Å²) in [6.45, 7) is 3.81. The van der Waals surface area contributed by atoms with E-state index in [9.17, 15) is 5.11 Å². The van der Waals surface area contributed by atoms with E-state index in [0.717, 1.165) is 54.9 Å². The summed E-state index contributed by atoms with van der Waals surface area (Å²) < 4.78 is 15.9. The van der Waals surface area contributed by atoms with Gasteiger partial charge in [0, 0.05) is 55.6 Å². The van der Waals surface area contributed by atoms with Crippen LogP contribution in [0.15, 0.2) is 60.8 Å². The van der Waals surface area contributed by atoms with Crippen molar-refractivity contribution in [3.05, 3.63) is 87.7 Å². The lowest BCUT2D eigenvalue weighted by atomic mass is 10.0. The van der Waals surface area contributed by atoms with Crippen LogP contribution in [0.25, 0.3) is 0 Å². The first kappa shape index (κ1) is 31.7. The Morgan fingerprint density at radius 1 is 1.07 bits per heavy atom. The predicted octanol–water partition coefficient (Wildman–Crippen LogP) is 5.95. The molecule has 2 aliphatic heterocycles. The van der Waals surface area contributed by atoms with Crippen LogP contribution in [-0.2, 0) is 19.7 Å². The highest BCUT2D eigenvalue weighted by atomic mass is 127. The first-order valence-electron chi connectivity index (χ1n) is 14.2. The molecule has 0 bridgehead atoms. The van der Waals surface area contributed by atoms with Crippen molar-refractivity contribution in [3.63, 3.8) is 0 Å². The summed E-state index contributed by atoms with van der Waals surface area (Å²) in [6, 6.07) is 17.3. The molecule has 0 saturated carbocycles. The van der Waals surface area contributed by atoms with Gasteiger partial charge in [0.05, 0.1) is 35.7 Å². The van der Waals surface area contributed by atoms with Crippen LogP contribution in [-0.4, -0.2) is 72.4 Å². The quantitative estimate of drug-likeness (QED) is 0.185. The van der Waals surface area contributed by atoms with Crippen molar-refractivity contribution in [2.75, 3.05) is 50.9 Å². The zero-order valence-corrected chi connectivity index (χ0v) is 27.0. The minimum atomic E-state index is -1.13. The van der Waals surface area contributed by atoms with E-state index in [1.165, 1.54) is 0 Å². The van der Waals surface area contributed by atoms with Crippen LogP contribution in [0.5, 0.6) is 5.75 Å². The number of alkyl halides is 1. The molecule has 11 heteroatoms. The van der Waals surface area contributed by atoms with Crippen molar-refractivity contribution >= 4 is 51.5 Å². The molecule has 226 valence electrons. The summed E-state index contributed by atoms with van der Waals surface area (Å²) in [6.07, 6.45) is 4.68. The number of benzene rings is 2. The Kier molecular flexibility index (Phi) is 11.2. The van der Waals surface area contributed by atoms with E-state index in [2.05, 4.69) is 37.4 Å². The average Bonchev–Trinajstić information content (AvgIpc) is 3.00. The first-order valence-corrected chi connectivity index (χ1v) is 16.0. The Morgan fingerprint density at radius 2 is 1.90 bits per heavy atom. The summed E-state index contributed by atoms with van der Waals surface area (Å²) in [5.41, 5.74) is 3.55. The molecule has 5 rings (SSSR count).